The van der Waals surface area contributed by atoms with Gasteiger partial charge in [0.25, 0.3) is 0 Å². The van der Waals surface area contributed by atoms with Crippen molar-refractivity contribution in [2.45, 2.75) is 12.5 Å². The van der Waals surface area contributed by atoms with Crippen LogP contribution in [0.25, 0.3) is 0 Å². The third kappa shape index (κ3) is 4.10. The molecule has 1 heterocycles. The zero-order valence-electron chi connectivity index (χ0n) is 9.91. The molecule has 0 bridgehead atoms. The summed E-state index contributed by atoms with van der Waals surface area (Å²) in [6.07, 6.45) is 4.38. The summed E-state index contributed by atoms with van der Waals surface area (Å²) in [6.45, 7) is 0. The highest BCUT2D eigenvalue weighted by molar-refractivity contribution is 9.11. The summed E-state index contributed by atoms with van der Waals surface area (Å²) in [6, 6.07) is 8.11. The van der Waals surface area contributed by atoms with Crippen molar-refractivity contribution in [2.24, 2.45) is 5.84 Å². The van der Waals surface area contributed by atoms with Gasteiger partial charge in [0, 0.05) is 25.8 Å². The summed E-state index contributed by atoms with van der Waals surface area (Å²) >= 11 is 10.5. The third-order valence-corrected chi connectivity index (χ3v) is 4.39. The van der Waals surface area contributed by atoms with Crippen molar-refractivity contribution in [2.75, 3.05) is 0 Å². The first-order chi connectivity index (χ1) is 9.10. The molecule has 0 aliphatic rings. The van der Waals surface area contributed by atoms with Gasteiger partial charge in [-0.05, 0) is 57.7 Å². The SMILES string of the molecule is NNC(Cc1cncc(Br)c1)c1cc(Br)ccc1Br. The number of nitrogens with zero attached hydrogens (tertiary/aromatic N) is 1. The quantitative estimate of drug-likeness (QED) is 0.545. The molecule has 100 valence electrons. The molecule has 0 fully saturated rings. The fourth-order valence-corrected chi connectivity index (χ4v) is 3.16. The number of hydrogen-bond acceptors (Lipinski definition) is 3. The lowest BCUT2D eigenvalue weighted by molar-refractivity contribution is 0.549. The van der Waals surface area contributed by atoms with Crippen LogP contribution in [0.15, 0.2) is 50.1 Å². The lowest BCUT2D eigenvalue weighted by atomic mass is 10.0. The van der Waals surface area contributed by atoms with Gasteiger partial charge in [-0.3, -0.25) is 16.3 Å². The molecule has 1 unspecified atom stereocenters. The predicted molar refractivity (Wildman–Crippen MR) is 87.5 cm³/mol. The molecule has 1 aromatic heterocycles. The molecule has 0 amide bonds. The summed E-state index contributed by atoms with van der Waals surface area (Å²) in [5, 5.41) is 0. The van der Waals surface area contributed by atoms with E-state index in [9.17, 15) is 0 Å². The van der Waals surface area contributed by atoms with E-state index in [0.717, 1.165) is 31.0 Å². The second-order valence-corrected chi connectivity index (χ2v) is 6.79. The van der Waals surface area contributed by atoms with Gasteiger partial charge in [-0.25, -0.2) is 0 Å². The van der Waals surface area contributed by atoms with Crippen molar-refractivity contribution >= 4 is 47.8 Å². The first-order valence-corrected chi connectivity index (χ1v) is 7.98. The molecule has 0 aliphatic carbocycles. The molecule has 3 N–H and O–H groups in total. The van der Waals surface area contributed by atoms with Crippen LogP contribution in [-0.2, 0) is 6.42 Å². The van der Waals surface area contributed by atoms with Crippen molar-refractivity contribution < 1.29 is 0 Å². The molecule has 2 rings (SSSR count). The Morgan fingerprint density at radius 1 is 1.11 bits per heavy atom. The van der Waals surface area contributed by atoms with Crippen LogP contribution in [0, 0.1) is 0 Å². The zero-order chi connectivity index (χ0) is 13.8. The highest BCUT2D eigenvalue weighted by Gasteiger charge is 2.14. The summed E-state index contributed by atoms with van der Waals surface area (Å²) in [5.41, 5.74) is 5.08. The first kappa shape index (κ1) is 15.1. The number of pyridine rings is 1. The number of nitrogens with one attached hydrogen (secondary N) is 1. The van der Waals surface area contributed by atoms with Gasteiger partial charge in [0.15, 0.2) is 0 Å². The molecule has 0 saturated heterocycles. The van der Waals surface area contributed by atoms with Crippen LogP contribution in [0.1, 0.15) is 17.2 Å². The van der Waals surface area contributed by atoms with Gasteiger partial charge in [0.2, 0.25) is 0 Å². The fourth-order valence-electron chi connectivity index (χ4n) is 1.84. The van der Waals surface area contributed by atoms with E-state index >= 15 is 0 Å². The van der Waals surface area contributed by atoms with E-state index in [1.807, 2.05) is 24.4 Å². The van der Waals surface area contributed by atoms with Gasteiger partial charge in [-0.15, -0.1) is 0 Å². The molecular weight excluding hydrogens is 438 g/mol. The maximum absolute atomic E-state index is 5.69. The minimum Gasteiger partial charge on any atom is -0.271 e. The third-order valence-electron chi connectivity index (χ3n) is 2.74. The summed E-state index contributed by atoms with van der Waals surface area (Å²) in [5.74, 6) is 5.69. The van der Waals surface area contributed by atoms with Crippen LogP contribution in [0.5, 0.6) is 0 Å². The topological polar surface area (TPSA) is 50.9 Å². The second kappa shape index (κ2) is 6.95. The van der Waals surface area contributed by atoms with Crippen molar-refractivity contribution in [1.29, 1.82) is 0 Å². The molecule has 2 aromatic rings. The zero-order valence-corrected chi connectivity index (χ0v) is 14.7. The number of benzene rings is 1. The molecular formula is C13H12Br3N3. The van der Waals surface area contributed by atoms with E-state index < -0.39 is 0 Å². The minimum absolute atomic E-state index is 0.0166. The summed E-state index contributed by atoms with van der Waals surface area (Å²) in [7, 11) is 0. The minimum atomic E-state index is 0.0166. The largest absolute Gasteiger partial charge is 0.271 e. The van der Waals surface area contributed by atoms with Crippen molar-refractivity contribution in [1.82, 2.24) is 10.4 Å². The molecule has 6 heteroatoms. The average Bonchev–Trinajstić information content (AvgIpc) is 2.39. The van der Waals surface area contributed by atoms with E-state index in [-0.39, 0.29) is 6.04 Å². The number of hydrogen-bond donors (Lipinski definition) is 2. The van der Waals surface area contributed by atoms with Crippen molar-refractivity contribution in [3.8, 4) is 0 Å². The Balaban J connectivity index is 2.27. The Morgan fingerprint density at radius 3 is 2.58 bits per heavy atom. The van der Waals surface area contributed by atoms with Crippen LogP contribution in [0.2, 0.25) is 0 Å². The highest BCUT2D eigenvalue weighted by Crippen LogP contribution is 2.29. The lowest BCUT2D eigenvalue weighted by Gasteiger charge is -2.18. The van der Waals surface area contributed by atoms with E-state index in [1.165, 1.54) is 0 Å². The van der Waals surface area contributed by atoms with Crippen LogP contribution in [0.3, 0.4) is 0 Å². The summed E-state index contributed by atoms with van der Waals surface area (Å²) < 4.78 is 3.02. The van der Waals surface area contributed by atoms with Gasteiger partial charge in [0.1, 0.15) is 0 Å². The second-order valence-electron chi connectivity index (χ2n) is 4.10. The van der Waals surface area contributed by atoms with Gasteiger partial charge in [-0.1, -0.05) is 31.9 Å². The van der Waals surface area contributed by atoms with E-state index in [1.54, 1.807) is 6.20 Å². The van der Waals surface area contributed by atoms with E-state index in [2.05, 4.69) is 64.3 Å². The number of rotatable bonds is 4. The van der Waals surface area contributed by atoms with Gasteiger partial charge in [0.05, 0.1) is 6.04 Å². The van der Waals surface area contributed by atoms with Crippen LogP contribution < -0.4 is 11.3 Å². The van der Waals surface area contributed by atoms with Gasteiger partial charge in [-0.2, -0.15) is 0 Å². The average molecular weight is 450 g/mol. The number of hydrazine groups is 1. The molecule has 19 heavy (non-hydrogen) atoms. The Labute approximate surface area is 137 Å². The van der Waals surface area contributed by atoms with Crippen LogP contribution in [0.4, 0.5) is 0 Å². The Hall–Kier alpha value is -0.270. The normalized spacial score (nSPS) is 12.4. The standard InChI is InChI=1S/C13H12Br3N3/c14-9-1-2-12(16)11(5-9)13(19-17)4-8-3-10(15)7-18-6-8/h1-3,5-7,13,19H,4,17H2. The van der Waals surface area contributed by atoms with Crippen LogP contribution in [-0.4, -0.2) is 4.98 Å². The fraction of sp³-hybridized carbons (Fsp3) is 0.154. The molecule has 1 atom stereocenters. The molecule has 0 saturated carbocycles. The number of aromatic nitrogens is 1. The molecule has 1 aromatic carbocycles. The van der Waals surface area contributed by atoms with Gasteiger partial charge < -0.3 is 0 Å². The van der Waals surface area contributed by atoms with Crippen molar-refractivity contribution in [3.05, 3.63) is 61.2 Å². The van der Waals surface area contributed by atoms with Crippen molar-refractivity contribution in [3.63, 3.8) is 0 Å². The molecule has 0 radical (unpaired) electrons. The number of nitrogens with two attached hydrogens (primary N) is 1. The van der Waals surface area contributed by atoms with E-state index in [0.29, 0.717) is 0 Å². The highest BCUT2D eigenvalue weighted by atomic mass is 79.9. The van der Waals surface area contributed by atoms with E-state index in [4.69, 9.17) is 5.84 Å². The molecule has 0 spiro atoms. The Kier molecular flexibility index (Phi) is 5.53. The smallest absolute Gasteiger partial charge is 0.0512 e. The Bertz CT molecular complexity index is 575. The van der Waals surface area contributed by atoms with Gasteiger partial charge >= 0.3 is 0 Å². The molecule has 0 aliphatic heterocycles. The lowest BCUT2D eigenvalue weighted by Crippen LogP contribution is -2.29. The van der Waals surface area contributed by atoms with Crippen LogP contribution >= 0.6 is 47.8 Å². The maximum atomic E-state index is 5.69. The Morgan fingerprint density at radius 2 is 1.89 bits per heavy atom. The molecule has 3 nitrogen and oxygen atoms in total. The predicted octanol–water partition coefficient (Wildman–Crippen LogP) is 4.12. The first-order valence-electron chi connectivity index (χ1n) is 5.60. The number of halogens is 3. The summed E-state index contributed by atoms with van der Waals surface area (Å²) in [4.78, 5) is 4.17. The maximum Gasteiger partial charge on any atom is 0.0512 e. The monoisotopic (exact) mass is 447 g/mol.